The molecule has 0 amide bonds. The Morgan fingerprint density at radius 3 is 2.73 bits per heavy atom. The van der Waals surface area contributed by atoms with E-state index in [1.54, 1.807) is 18.2 Å². The van der Waals surface area contributed by atoms with Crippen LogP contribution in [0.4, 0.5) is 0 Å². The van der Waals surface area contributed by atoms with Gasteiger partial charge in [0.1, 0.15) is 11.3 Å². The lowest BCUT2D eigenvalue weighted by atomic mass is 9.99. The lowest BCUT2D eigenvalue weighted by molar-refractivity contribution is 0.153. The predicted octanol–water partition coefficient (Wildman–Crippen LogP) is 4.54. The quantitative estimate of drug-likeness (QED) is 0.705. The number of nitrogens with zero attached hydrogens (tertiary/aromatic N) is 1. The largest absolute Gasteiger partial charge is 0.507 e. The van der Waals surface area contributed by atoms with Crippen molar-refractivity contribution in [3.05, 3.63) is 64.5 Å². The summed E-state index contributed by atoms with van der Waals surface area (Å²) >= 11 is 0. The van der Waals surface area contributed by atoms with Gasteiger partial charge in [-0.25, -0.2) is 4.79 Å². The summed E-state index contributed by atoms with van der Waals surface area (Å²) in [7, 11) is 0. The van der Waals surface area contributed by atoms with Crippen molar-refractivity contribution < 1.29 is 9.52 Å². The Labute approximate surface area is 152 Å². The van der Waals surface area contributed by atoms with Gasteiger partial charge in [-0.2, -0.15) is 0 Å². The Morgan fingerprint density at radius 2 is 1.96 bits per heavy atom. The molecule has 0 spiro atoms. The molecule has 0 bridgehead atoms. The molecule has 4 heteroatoms. The third kappa shape index (κ3) is 3.25. The van der Waals surface area contributed by atoms with Crippen LogP contribution >= 0.6 is 0 Å². The monoisotopic (exact) mass is 349 g/mol. The fraction of sp³-hybridized carbons (Fsp3) is 0.318. The number of phenols is 1. The zero-order valence-corrected chi connectivity index (χ0v) is 14.9. The van der Waals surface area contributed by atoms with E-state index in [1.165, 1.54) is 19.3 Å². The molecule has 1 atom stereocenters. The van der Waals surface area contributed by atoms with Crippen LogP contribution in [0.15, 0.2) is 57.7 Å². The first kappa shape index (κ1) is 16.9. The highest BCUT2D eigenvalue weighted by atomic mass is 16.4. The van der Waals surface area contributed by atoms with Gasteiger partial charge in [0, 0.05) is 29.6 Å². The number of aromatic hydroxyl groups is 1. The number of hydrogen-bond acceptors (Lipinski definition) is 4. The SMILES string of the molecule is C[C@@H]1CCCCN1Cc1cc(=O)oc2cc(-c3ccccc3)c(O)cc12. The minimum Gasteiger partial charge on any atom is -0.507 e. The smallest absolute Gasteiger partial charge is 0.336 e. The lowest BCUT2D eigenvalue weighted by Gasteiger charge is -2.33. The molecule has 0 aliphatic carbocycles. The van der Waals surface area contributed by atoms with Crippen LogP contribution in [0.5, 0.6) is 5.75 Å². The first-order valence-corrected chi connectivity index (χ1v) is 9.21. The topological polar surface area (TPSA) is 53.7 Å². The molecule has 0 radical (unpaired) electrons. The maximum Gasteiger partial charge on any atom is 0.336 e. The standard InChI is InChI=1S/C22H23NO3/c1-15-7-5-6-10-23(15)14-17-11-22(25)26-21-13-18(20(24)12-19(17)21)16-8-3-2-4-9-16/h2-4,8-9,11-13,15,24H,5-7,10,14H2,1H3/t15-/m1/s1. The minimum atomic E-state index is -0.345. The van der Waals surface area contributed by atoms with E-state index in [2.05, 4.69) is 11.8 Å². The molecule has 1 aliphatic rings. The van der Waals surface area contributed by atoms with Crippen molar-refractivity contribution in [1.29, 1.82) is 0 Å². The molecule has 4 nitrogen and oxygen atoms in total. The summed E-state index contributed by atoms with van der Waals surface area (Å²) in [6.45, 7) is 3.97. The fourth-order valence-corrected chi connectivity index (χ4v) is 3.85. The molecular formula is C22H23NO3. The number of fused-ring (bicyclic) bond motifs is 1. The summed E-state index contributed by atoms with van der Waals surface area (Å²) < 4.78 is 5.45. The Bertz CT molecular complexity index is 978. The Balaban J connectivity index is 1.79. The minimum absolute atomic E-state index is 0.200. The first-order chi connectivity index (χ1) is 12.6. The molecule has 0 unspecified atom stereocenters. The highest BCUT2D eigenvalue weighted by molar-refractivity contribution is 5.88. The molecule has 4 rings (SSSR count). The third-order valence-corrected chi connectivity index (χ3v) is 5.35. The average Bonchev–Trinajstić information content (AvgIpc) is 2.64. The second-order valence-electron chi connectivity index (χ2n) is 7.14. The average molecular weight is 349 g/mol. The van der Waals surface area contributed by atoms with E-state index in [1.807, 2.05) is 30.3 Å². The molecular weight excluding hydrogens is 326 g/mol. The summed E-state index contributed by atoms with van der Waals surface area (Å²) in [5.74, 6) is 0.200. The van der Waals surface area contributed by atoms with Crippen molar-refractivity contribution in [2.75, 3.05) is 6.54 Å². The molecule has 1 N–H and O–H groups in total. The van der Waals surface area contributed by atoms with Gasteiger partial charge in [0.25, 0.3) is 0 Å². The van der Waals surface area contributed by atoms with Crippen molar-refractivity contribution >= 4 is 11.0 Å². The molecule has 134 valence electrons. The molecule has 3 aromatic rings. The maximum absolute atomic E-state index is 12.1. The van der Waals surface area contributed by atoms with Crippen molar-refractivity contribution in [2.24, 2.45) is 0 Å². The van der Waals surface area contributed by atoms with Crippen LogP contribution < -0.4 is 5.63 Å². The second kappa shape index (κ2) is 6.96. The van der Waals surface area contributed by atoms with E-state index >= 15 is 0 Å². The van der Waals surface area contributed by atoms with E-state index in [0.29, 0.717) is 23.7 Å². The summed E-state index contributed by atoms with van der Waals surface area (Å²) in [4.78, 5) is 14.5. The molecule has 1 aromatic heterocycles. The molecule has 1 fully saturated rings. The van der Waals surface area contributed by atoms with Gasteiger partial charge in [-0.05, 0) is 49.6 Å². The van der Waals surface area contributed by atoms with E-state index in [-0.39, 0.29) is 11.4 Å². The second-order valence-corrected chi connectivity index (χ2v) is 7.14. The van der Waals surface area contributed by atoms with E-state index in [9.17, 15) is 9.90 Å². The number of phenolic OH excluding ortho intramolecular Hbond substituents is 1. The molecule has 2 aromatic carbocycles. The Hall–Kier alpha value is -2.59. The van der Waals surface area contributed by atoms with E-state index < -0.39 is 0 Å². The van der Waals surface area contributed by atoms with Crippen LogP contribution in [0.1, 0.15) is 31.7 Å². The summed E-state index contributed by atoms with van der Waals surface area (Å²) in [6, 6.07) is 15.2. The highest BCUT2D eigenvalue weighted by Gasteiger charge is 2.20. The van der Waals surface area contributed by atoms with Crippen LogP contribution in [0.3, 0.4) is 0 Å². The van der Waals surface area contributed by atoms with Crippen LogP contribution in [0.2, 0.25) is 0 Å². The first-order valence-electron chi connectivity index (χ1n) is 9.21. The van der Waals surface area contributed by atoms with Crippen LogP contribution in [0.25, 0.3) is 22.1 Å². The van der Waals surface area contributed by atoms with Gasteiger partial charge < -0.3 is 9.52 Å². The van der Waals surface area contributed by atoms with E-state index in [4.69, 9.17) is 4.42 Å². The summed E-state index contributed by atoms with van der Waals surface area (Å²) in [5.41, 5.74) is 2.66. The van der Waals surface area contributed by atoms with Crippen molar-refractivity contribution in [3.63, 3.8) is 0 Å². The lowest BCUT2D eigenvalue weighted by Crippen LogP contribution is -2.36. The van der Waals surface area contributed by atoms with Crippen LogP contribution in [0, 0.1) is 0 Å². The van der Waals surface area contributed by atoms with Gasteiger partial charge in [-0.15, -0.1) is 0 Å². The zero-order valence-electron chi connectivity index (χ0n) is 14.9. The van der Waals surface area contributed by atoms with Gasteiger partial charge in [0.2, 0.25) is 0 Å². The van der Waals surface area contributed by atoms with Gasteiger partial charge in [0.15, 0.2) is 0 Å². The summed E-state index contributed by atoms with van der Waals surface area (Å²) in [5, 5.41) is 11.4. The number of likely N-dealkylation sites (tertiary alicyclic amines) is 1. The summed E-state index contributed by atoms with van der Waals surface area (Å²) in [6.07, 6.45) is 3.63. The van der Waals surface area contributed by atoms with Crippen molar-refractivity contribution in [1.82, 2.24) is 4.90 Å². The van der Waals surface area contributed by atoms with E-state index in [0.717, 1.165) is 23.1 Å². The molecule has 26 heavy (non-hydrogen) atoms. The normalized spacial score (nSPS) is 18.3. The Kier molecular flexibility index (Phi) is 4.51. The number of rotatable bonds is 3. The number of hydrogen-bond donors (Lipinski definition) is 1. The highest BCUT2D eigenvalue weighted by Crippen LogP contribution is 2.34. The fourth-order valence-electron chi connectivity index (χ4n) is 3.85. The van der Waals surface area contributed by atoms with Gasteiger partial charge in [-0.3, -0.25) is 4.90 Å². The Morgan fingerprint density at radius 1 is 1.15 bits per heavy atom. The maximum atomic E-state index is 12.1. The van der Waals surface area contributed by atoms with Crippen molar-refractivity contribution in [2.45, 2.75) is 38.8 Å². The molecule has 1 aliphatic heterocycles. The molecule has 2 heterocycles. The van der Waals surface area contributed by atoms with Gasteiger partial charge in [0.05, 0.1) is 0 Å². The van der Waals surface area contributed by atoms with Crippen LogP contribution in [-0.4, -0.2) is 22.6 Å². The molecule has 1 saturated heterocycles. The molecule has 0 saturated carbocycles. The third-order valence-electron chi connectivity index (χ3n) is 5.35. The van der Waals surface area contributed by atoms with Gasteiger partial charge in [-0.1, -0.05) is 36.8 Å². The van der Waals surface area contributed by atoms with Crippen LogP contribution in [-0.2, 0) is 6.54 Å². The van der Waals surface area contributed by atoms with Gasteiger partial charge >= 0.3 is 5.63 Å². The number of piperidine rings is 1. The van der Waals surface area contributed by atoms with Crippen molar-refractivity contribution in [3.8, 4) is 16.9 Å². The predicted molar refractivity (Wildman–Crippen MR) is 103 cm³/mol. The zero-order chi connectivity index (χ0) is 18.1. The number of benzene rings is 2.